The number of rotatable bonds is 8. The molecule has 0 heterocycles. The number of phenols is 3. The zero-order chi connectivity index (χ0) is 22.4. The predicted octanol–water partition coefficient (Wildman–Crippen LogP) is 4.77. The molecule has 1 atom stereocenters. The molecule has 0 aliphatic heterocycles. The second-order valence-corrected chi connectivity index (χ2v) is 8.08. The topological polar surface area (TPSA) is 98.0 Å². The normalized spacial score (nSPS) is 12.3. The highest BCUT2D eigenvalue weighted by Gasteiger charge is 2.15. The van der Waals surface area contributed by atoms with Gasteiger partial charge in [0.15, 0.2) is 5.78 Å². The van der Waals surface area contributed by atoms with Gasteiger partial charge in [-0.1, -0.05) is 37.6 Å². The molecule has 0 amide bonds. The Hall–Kier alpha value is -3.05. The number of allylic oxidation sites excluding steroid dienone is 3. The highest BCUT2D eigenvalue weighted by atomic mass is 16.3. The Morgan fingerprint density at radius 3 is 2.33 bits per heavy atom. The van der Waals surface area contributed by atoms with Gasteiger partial charge in [0, 0.05) is 6.07 Å². The van der Waals surface area contributed by atoms with Crippen molar-refractivity contribution < 1.29 is 25.2 Å². The molecule has 4 N–H and O–H groups in total. The van der Waals surface area contributed by atoms with Gasteiger partial charge in [-0.25, -0.2) is 0 Å². The van der Waals surface area contributed by atoms with Crippen LogP contribution in [0.2, 0.25) is 0 Å². The van der Waals surface area contributed by atoms with Crippen LogP contribution in [0.3, 0.4) is 0 Å². The highest BCUT2D eigenvalue weighted by Crippen LogP contribution is 2.29. The van der Waals surface area contributed by atoms with E-state index in [1.165, 1.54) is 24.3 Å². The standard InChI is InChI=1S/C25H30O5/c1-15(2)5-6-18-12-21(25(30)14-24(18)29)22(27)10-8-17-7-9-20(26)11-19(17)13-23(28)16(3)4/h5,7-12,14,16,23,26,28-30H,6,13H2,1-4H3. The van der Waals surface area contributed by atoms with Crippen molar-refractivity contribution in [2.24, 2.45) is 5.92 Å². The largest absolute Gasteiger partial charge is 0.508 e. The lowest BCUT2D eigenvalue weighted by Crippen LogP contribution is -2.18. The van der Waals surface area contributed by atoms with Crippen LogP contribution in [-0.2, 0) is 12.8 Å². The van der Waals surface area contributed by atoms with Crippen LogP contribution in [0.5, 0.6) is 17.2 Å². The van der Waals surface area contributed by atoms with Gasteiger partial charge in [-0.2, -0.15) is 0 Å². The molecule has 160 valence electrons. The summed E-state index contributed by atoms with van der Waals surface area (Å²) in [6.45, 7) is 7.70. The zero-order valence-corrected chi connectivity index (χ0v) is 17.9. The molecule has 30 heavy (non-hydrogen) atoms. The molecule has 0 spiro atoms. The van der Waals surface area contributed by atoms with E-state index in [1.54, 1.807) is 18.2 Å². The number of aliphatic hydroxyl groups excluding tert-OH is 1. The quantitative estimate of drug-likeness (QED) is 0.286. The number of aromatic hydroxyl groups is 3. The van der Waals surface area contributed by atoms with Crippen LogP contribution in [0.1, 0.15) is 54.7 Å². The summed E-state index contributed by atoms with van der Waals surface area (Å²) in [5.74, 6) is -0.615. The van der Waals surface area contributed by atoms with Crippen molar-refractivity contribution >= 4 is 11.9 Å². The fourth-order valence-electron chi connectivity index (χ4n) is 2.94. The van der Waals surface area contributed by atoms with Gasteiger partial charge < -0.3 is 20.4 Å². The molecule has 0 radical (unpaired) electrons. The molecule has 5 heteroatoms. The van der Waals surface area contributed by atoms with Crippen molar-refractivity contribution in [1.29, 1.82) is 0 Å². The number of carbonyl (C=O) groups is 1. The Kier molecular flexibility index (Phi) is 7.84. The third-order valence-electron chi connectivity index (χ3n) is 4.93. The van der Waals surface area contributed by atoms with E-state index in [4.69, 9.17) is 0 Å². The number of ketones is 1. The molecule has 0 fully saturated rings. The van der Waals surface area contributed by atoms with Gasteiger partial charge in [0.2, 0.25) is 0 Å². The number of aliphatic hydroxyl groups is 1. The Morgan fingerprint density at radius 2 is 1.70 bits per heavy atom. The predicted molar refractivity (Wildman–Crippen MR) is 119 cm³/mol. The first-order valence-corrected chi connectivity index (χ1v) is 9.99. The van der Waals surface area contributed by atoms with Gasteiger partial charge in [-0.15, -0.1) is 0 Å². The Balaban J connectivity index is 2.32. The molecule has 0 bridgehead atoms. The number of benzene rings is 2. The number of hydrogen-bond donors (Lipinski definition) is 4. The van der Waals surface area contributed by atoms with Crippen molar-refractivity contribution in [1.82, 2.24) is 0 Å². The van der Waals surface area contributed by atoms with Crippen molar-refractivity contribution in [2.45, 2.75) is 46.6 Å². The SMILES string of the molecule is CC(C)=CCc1cc(C(=O)C=Cc2ccc(O)cc2CC(O)C(C)C)c(O)cc1O. The monoisotopic (exact) mass is 410 g/mol. The second kappa shape index (κ2) is 10.1. The minimum atomic E-state index is -0.576. The van der Waals surface area contributed by atoms with Crippen LogP contribution in [0.4, 0.5) is 0 Å². The zero-order valence-electron chi connectivity index (χ0n) is 17.9. The van der Waals surface area contributed by atoms with Gasteiger partial charge in [0.05, 0.1) is 11.7 Å². The van der Waals surface area contributed by atoms with Crippen molar-refractivity contribution in [3.8, 4) is 17.2 Å². The summed E-state index contributed by atoms with van der Waals surface area (Å²) in [6.07, 6.45) is 5.10. The molecule has 2 rings (SSSR count). The summed E-state index contributed by atoms with van der Waals surface area (Å²) < 4.78 is 0. The molecule has 0 saturated heterocycles. The average Bonchev–Trinajstić information content (AvgIpc) is 2.66. The Labute approximate surface area is 177 Å². The molecule has 0 saturated carbocycles. The van der Waals surface area contributed by atoms with Crippen molar-refractivity contribution in [3.05, 3.63) is 70.3 Å². The maximum absolute atomic E-state index is 12.7. The lowest BCUT2D eigenvalue weighted by molar-refractivity contribution is 0.104. The average molecular weight is 411 g/mol. The number of phenolic OH excluding ortho intramolecular Hbond substituents is 3. The summed E-state index contributed by atoms with van der Waals surface area (Å²) in [5.41, 5.74) is 3.15. The van der Waals surface area contributed by atoms with Crippen LogP contribution in [0, 0.1) is 5.92 Å². The molecule has 2 aromatic rings. The maximum Gasteiger partial charge on any atom is 0.189 e. The van der Waals surface area contributed by atoms with Crippen LogP contribution >= 0.6 is 0 Å². The van der Waals surface area contributed by atoms with E-state index < -0.39 is 11.9 Å². The van der Waals surface area contributed by atoms with E-state index in [-0.39, 0.29) is 28.7 Å². The van der Waals surface area contributed by atoms with E-state index in [9.17, 15) is 25.2 Å². The third kappa shape index (κ3) is 6.22. The first-order chi connectivity index (χ1) is 14.1. The van der Waals surface area contributed by atoms with Crippen molar-refractivity contribution in [2.75, 3.05) is 0 Å². The number of hydrogen-bond acceptors (Lipinski definition) is 5. The fraction of sp³-hybridized carbons (Fsp3) is 0.320. The van der Waals surface area contributed by atoms with Gasteiger partial charge in [0.1, 0.15) is 17.2 Å². The van der Waals surface area contributed by atoms with E-state index in [2.05, 4.69) is 0 Å². The van der Waals surface area contributed by atoms with Crippen LogP contribution < -0.4 is 0 Å². The van der Waals surface area contributed by atoms with Crippen LogP contribution in [0.15, 0.2) is 48.1 Å². The molecular formula is C25H30O5. The Bertz CT molecular complexity index is 966. The minimum Gasteiger partial charge on any atom is -0.508 e. The van der Waals surface area contributed by atoms with Gasteiger partial charge in [-0.3, -0.25) is 4.79 Å². The smallest absolute Gasteiger partial charge is 0.189 e. The summed E-state index contributed by atoms with van der Waals surface area (Å²) in [6, 6.07) is 7.45. The molecule has 2 aromatic carbocycles. The minimum absolute atomic E-state index is 0.0546. The number of carbonyl (C=O) groups excluding carboxylic acids is 1. The lowest BCUT2D eigenvalue weighted by atomic mass is 9.95. The fourth-order valence-corrected chi connectivity index (χ4v) is 2.94. The lowest BCUT2D eigenvalue weighted by Gasteiger charge is -2.16. The van der Waals surface area contributed by atoms with Gasteiger partial charge in [0.25, 0.3) is 0 Å². The first kappa shape index (κ1) is 23.2. The Morgan fingerprint density at radius 1 is 1.00 bits per heavy atom. The molecule has 0 aliphatic rings. The molecule has 5 nitrogen and oxygen atoms in total. The molecular weight excluding hydrogens is 380 g/mol. The summed E-state index contributed by atoms with van der Waals surface area (Å²) in [7, 11) is 0. The summed E-state index contributed by atoms with van der Waals surface area (Å²) >= 11 is 0. The van der Waals surface area contributed by atoms with Crippen LogP contribution in [0.25, 0.3) is 6.08 Å². The van der Waals surface area contributed by atoms with E-state index in [0.717, 1.165) is 11.1 Å². The molecule has 1 unspecified atom stereocenters. The van der Waals surface area contributed by atoms with Crippen LogP contribution in [-0.4, -0.2) is 32.3 Å². The van der Waals surface area contributed by atoms with E-state index >= 15 is 0 Å². The summed E-state index contributed by atoms with van der Waals surface area (Å²) in [5, 5.41) is 40.2. The molecule has 0 aliphatic carbocycles. The second-order valence-electron chi connectivity index (χ2n) is 8.08. The summed E-state index contributed by atoms with van der Waals surface area (Å²) in [4.78, 5) is 12.7. The third-order valence-corrected chi connectivity index (χ3v) is 4.93. The van der Waals surface area contributed by atoms with Gasteiger partial charge in [-0.05, 0) is 73.6 Å². The maximum atomic E-state index is 12.7. The van der Waals surface area contributed by atoms with E-state index in [1.807, 2.05) is 33.8 Å². The first-order valence-electron chi connectivity index (χ1n) is 9.99. The highest BCUT2D eigenvalue weighted by molar-refractivity contribution is 6.08. The van der Waals surface area contributed by atoms with Gasteiger partial charge >= 0.3 is 0 Å². The van der Waals surface area contributed by atoms with E-state index in [0.29, 0.717) is 24.0 Å². The molecule has 0 aromatic heterocycles. The van der Waals surface area contributed by atoms with Crippen molar-refractivity contribution in [3.63, 3.8) is 0 Å².